The predicted molar refractivity (Wildman–Crippen MR) is 116 cm³/mol. The Labute approximate surface area is 182 Å². The highest BCUT2D eigenvalue weighted by Crippen LogP contribution is 2.36. The van der Waals surface area contributed by atoms with Crippen LogP contribution >= 0.6 is 11.6 Å². The maximum absolute atomic E-state index is 12.7. The van der Waals surface area contributed by atoms with E-state index in [-0.39, 0.29) is 18.2 Å². The number of nitrogens with zero attached hydrogens (tertiary/aromatic N) is 2. The van der Waals surface area contributed by atoms with E-state index in [1.165, 1.54) is 0 Å². The number of pyridine rings is 1. The van der Waals surface area contributed by atoms with Crippen molar-refractivity contribution in [3.8, 4) is 5.75 Å². The molecule has 1 aromatic carbocycles. The van der Waals surface area contributed by atoms with Gasteiger partial charge in [-0.25, -0.2) is 4.79 Å². The van der Waals surface area contributed by atoms with Gasteiger partial charge >= 0.3 is 6.03 Å². The van der Waals surface area contributed by atoms with Gasteiger partial charge in [-0.15, -0.1) is 0 Å². The second kappa shape index (κ2) is 9.23. The Morgan fingerprint density at radius 2 is 1.83 bits per heavy atom. The van der Waals surface area contributed by atoms with Crippen LogP contribution in [0.25, 0.3) is 0 Å². The molecule has 0 unspecified atom stereocenters. The van der Waals surface area contributed by atoms with Crippen LogP contribution in [0.1, 0.15) is 44.1 Å². The highest BCUT2D eigenvalue weighted by molar-refractivity contribution is 6.30. The van der Waals surface area contributed by atoms with Crippen LogP contribution in [0.5, 0.6) is 5.75 Å². The number of ether oxygens (including phenoxy) is 1. The Kier molecular flexibility index (Phi) is 6.44. The third-order valence-corrected chi connectivity index (χ3v) is 6.44. The highest BCUT2D eigenvalue weighted by atomic mass is 35.5. The molecule has 1 aliphatic carbocycles. The Morgan fingerprint density at radius 3 is 2.47 bits per heavy atom. The SMILES string of the molecule is O=C(NC1CCC(O)(c2cccnc2)CC1)N1CCC(Oc2ccc(Cl)cc2)CC1. The number of benzene rings is 1. The smallest absolute Gasteiger partial charge is 0.317 e. The molecule has 2 aromatic rings. The number of likely N-dealkylation sites (tertiary alicyclic amines) is 1. The number of hydrogen-bond acceptors (Lipinski definition) is 4. The van der Waals surface area contributed by atoms with Crippen molar-refractivity contribution in [2.24, 2.45) is 0 Å². The van der Waals surface area contributed by atoms with Gasteiger partial charge < -0.3 is 20.1 Å². The van der Waals surface area contributed by atoms with E-state index in [9.17, 15) is 9.90 Å². The molecule has 2 fully saturated rings. The molecule has 160 valence electrons. The summed E-state index contributed by atoms with van der Waals surface area (Å²) in [4.78, 5) is 18.7. The fourth-order valence-electron chi connectivity index (χ4n) is 4.31. The molecular formula is C23H28ClN3O3. The topological polar surface area (TPSA) is 74.7 Å². The van der Waals surface area contributed by atoms with Crippen molar-refractivity contribution in [2.75, 3.05) is 13.1 Å². The van der Waals surface area contributed by atoms with Gasteiger partial charge in [0.05, 0.1) is 5.60 Å². The number of amides is 2. The zero-order valence-corrected chi connectivity index (χ0v) is 17.7. The lowest BCUT2D eigenvalue weighted by atomic mass is 9.78. The average molecular weight is 430 g/mol. The van der Waals surface area contributed by atoms with Crippen molar-refractivity contribution in [2.45, 2.75) is 56.3 Å². The monoisotopic (exact) mass is 429 g/mol. The Balaban J connectivity index is 1.21. The highest BCUT2D eigenvalue weighted by Gasteiger charge is 2.36. The number of carbonyl (C=O) groups is 1. The molecule has 2 amide bonds. The number of aromatic nitrogens is 1. The summed E-state index contributed by atoms with van der Waals surface area (Å²) in [6, 6.07) is 11.2. The second-order valence-corrected chi connectivity index (χ2v) is 8.69. The molecule has 30 heavy (non-hydrogen) atoms. The normalized spacial score (nSPS) is 25.0. The van der Waals surface area contributed by atoms with Gasteiger partial charge in [0.15, 0.2) is 0 Å². The minimum absolute atomic E-state index is 0.0169. The molecule has 6 nitrogen and oxygen atoms in total. The van der Waals surface area contributed by atoms with Crippen molar-refractivity contribution in [1.29, 1.82) is 0 Å². The van der Waals surface area contributed by atoms with Crippen molar-refractivity contribution < 1.29 is 14.6 Å². The molecule has 0 atom stereocenters. The summed E-state index contributed by atoms with van der Waals surface area (Å²) < 4.78 is 6.00. The summed E-state index contributed by atoms with van der Waals surface area (Å²) in [5.74, 6) is 0.811. The van der Waals surface area contributed by atoms with Crippen LogP contribution in [-0.4, -0.2) is 46.3 Å². The van der Waals surface area contributed by atoms with E-state index in [1.807, 2.05) is 41.3 Å². The first-order valence-electron chi connectivity index (χ1n) is 10.6. The van der Waals surface area contributed by atoms with Gasteiger partial charge in [0.1, 0.15) is 11.9 Å². The fraction of sp³-hybridized carbons (Fsp3) is 0.478. The van der Waals surface area contributed by atoms with Crippen LogP contribution in [0.3, 0.4) is 0 Å². The van der Waals surface area contributed by atoms with Crippen molar-refractivity contribution >= 4 is 17.6 Å². The summed E-state index contributed by atoms with van der Waals surface area (Å²) in [7, 11) is 0. The molecule has 1 aromatic heterocycles. The quantitative estimate of drug-likeness (QED) is 0.766. The Morgan fingerprint density at radius 1 is 1.13 bits per heavy atom. The van der Waals surface area contributed by atoms with E-state index >= 15 is 0 Å². The van der Waals surface area contributed by atoms with Gasteiger partial charge in [-0.2, -0.15) is 0 Å². The van der Waals surface area contributed by atoms with Crippen LogP contribution in [-0.2, 0) is 5.60 Å². The van der Waals surface area contributed by atoms with Crippen LogP contribution in [0.2, 0.25) is 5.02 Å². The number of piperidine rings is 1. The summed E-state index contributed by atoms with van der Waals surface area (Å²) >= 11 is 5.91. The molecule has 0 spiro atoms. The maximum atomic E-state index is 12.7. The molecule has 2 aliphatic rings. The maximum Gasteiger partial charge on any atom is 0.317 e. The Bertz CT molecular complexity index is 831. The standard InChI is InChI=1S/C23H28ClN3O3/c24-18-3-5-20(6-4-18)30-21-9-14-27(15-10-21)22(28)26-19-7-11-23(29,12-8-19)17-2-1-13-25-16-17/h1-6,13,16,19,21,29H,7-12,14-15H2,(H,26,28). The lowest BCUT2D eigenvalue weighted by Crippen LogP contribution is -2.50. The van der Waals surface area contributed by atoms with Crippen LogP contribution < -0.4 is 10.1 Å². The number of halogens is 1. The summed E-state index contributed by atoms with van der Waals surface area (Å²) in [6.45, 7) is 1.35. The Hall–Kier alpha value is -2.31. The molecule has 0 radical (unpaired) electrons. The average Bonchev–Trinajstić information content (AvgIpc) is 2.78. The minimum atomic E-state index is -0.840. The first kappa shape index (κ1) is 20.9. The molecule has 1 saturated carbocycles. The molecule has 2 heterocycles. The zero-order valence-electron chi connectivity index (χ0n) is 17.0. The number of aliphatic hydroxyl groups is 1. The van der Waals surface area contributed by atoms with E-state index in [1.54, 1.807) is 12.4 Å². The van der Waals surface area contributed by atoms with Gasteiger partial charge in [0.25, 0.3) is 0 Å². The van der Waals surface area contributed by atoms with Crippen LogP contribution in [0.4, 0.5) is 4.79 Å². The molecule has 0 bridgehead atoms. The number of carbonyl (C=O) groups excluding carboxylic acids is 1. The van der Waals surface area contributed by atoms with Crippen molar-refractivity contribution in [3.05, 3.63) is 59.4 Å². The third-order valence-electron chi connectivity index (χ3n) is 6.18. The molecular weight excluding hydrogens is 402 g/mol. The first-order chi connectivity index (χ1) is 14.5. The summed E-state index contributed by atoms with van der Waals surface area (Å²) in [5.41, 5.74) is 0.0184. The third kappa shape index (κ3) is 5.05. The number of hydrogen-bond donors (Lipinski definition) is 2. The number of rotatable bonds is 4. The molecule has 2 N–H and O–H groups in total. The van der Waals surface area contributed by atoms with E-state index in [0.29, 0.717) is 31.0 Å². The van der Waals surface area contributed by atoms with Gasteiger partial charge in [-0.3, -0.25) is 4.98 Å². The second-order valence-electron chi connectivity index (χ2n) is 8.26. The first-order valence-corrected chi connectivity index (χ1v) is 11.0. The molecule has 1 saturated heterocycles. The minimum Gasteiger partial charge on any atom is -0.490 e. The fourth-order valence-corrected chi connectivity index (χ4v) is 4.44. The number of nitrogens with one attached hydrogen (secondary N) is 1. The van der Waals surface area contributed by atoms with Crippen LogP contribution in [0, 0.1) is 0 Å². The molecule has 7 heteroatoms. The molecule has 1 aliphatic heterocycles. The largest absolute Gasteiger partial charge is 0.490 e. The van der Waals surface area contributed by atoms with Gasteiger partial charge in [-0.05, 0) is 56.0 Å². The van der Waals surface area contributed by atoms with Crippen molar-refractivity contribution in [1.82, 2.24) is 15.2 Å². The lowest BCUT2D eigenvalue weighted by Gasteiger charge is -2.38. The predicted octanol–water partition coefficient (Wildman–Crippen LogP) is 4.12. The van der Waals surface area contributed by atoms with E-state index in [4.69, 9.17) is 16.3 Å². The van der Waals surface area contributed by atoms with E-state index in [0.717, 1.165) is 37.0 Å². The van der Waals surface area contributed by atoms with Crippen molar-refractivity contribution in [3.63, 3.8) is 0 Å². The summed E-state index contributed by atoms with van der Waals surface area (Å²) in [6.07, 6.45) is 7.93. The summed E-state index contributed by atoms with van der Waals surface area (Å²) in [5, 5.41) is 14.8. The lowest BCUT2D eigenvalue weighted by molar-refractivity contribution is -0.00822. The zero-order chi connectivity index (χ0) is 21.0. The van der Waals surface area contributed by atoms with Gasteiger partial charge in [0, 0.05) is 55.0 Å². The van der Waals surface area contributed by atoms with E-state index < -0.39 is 5.60 Å². The van der Waals surface area contributed by atoms with Crippen LogP contribution in [0.15, 0.2) is 48.8 Å². The van der Waals surface area contributed by atoms with Gasteiger partial charge in [0.2, 0.25) is 0 Å². The van der Waals surface area contributed by atoms with E-state index in [2.05, 4.69) is 10.3 Å². The molecule has 4 rings (SSSR count). The number of urea groups is 1. The van der Waals surface area contributed by atoms with Gasteiger partial charge in [-0.1, -0.05) is 17.7 Å².